The average Bonchev–Trinajstić information content (AvgIpc) is 3.33. The van der Waals surface area contributed by atoms with Gasteiger partial charge in [0.05, 0.1) is 30.3 Å². The number of benzene rings is 1. The van der Waals surface area contributed by atoms with Crippen molar-refractivity contribution in [2.45, 2.75) is 13.2 Å². The second kappa shape index (κ2) is 10.0. The number of H-pyrrole nitrogens is 1. The molecule has 3 heterocycles. The zero-order chi connectivity index (χ0) is 25.0. The van der Waals surface area contributed by atoms with Gasteiger partial charge in [0.15, 0.2) is 12.0 Å². The number of imidazole rings is 1. The van der Waals surface area contributed by atoms with Gasteiger partial charge in [0.1, 0.15) is 17.8 Å². The minimum absolute atomic E-state index is 0.0557. The van der Waals surface area contributed by atoms with Gasteiger partial charge < -0.3 is 19.2 Å². The van der Waals surface area contributed by atoms with E-state index in [-0.39, 0.29) is 31.6 Å². The van der Waals surface area contributed by atoms with Gasteiger partial charge in [-0.1, -0.05) is 12.7 Å². The molecule has 0 atom stereocenters. The number of ether oxygens (including phenoxy) is 3. The van der Waals surface area contributed by atoms with Crippen LogP contribution in [-0.4, -0.2) is 52.8 Å². The van der Waals surface area contributed by atoms with E-state index in [4.69, 9.17) is 14.2 Å². The van der Waals surface area contributed by atoms with E-state index < -0.39 is 17.7 Å². The molecule has 3 aromatic rings. The molecule has 0 radical (unpaired) electrons. The third-order valence-electron chi connectivity index (χ3n) is 5.34. The summed E-state index contributed by atoms with van der Waals surface area (Å²) in [6, 6.07) is 7.51. The van der Waals surface area contributed by atoms with Crippen LogP contribution in [0.15, 0.2) is 49.2 Å². The first-order valence-corrected chi connectivity index (χ1v) is 10.7. The Morgan fingerprint density at radius 1 is 1.34 bits per heavy atom. The number of esters is 1. The van der Waals surface area contributed by atoms with Crippen LogP contribution in [0, 0.1) is 22.7 Å². The number of rotatable bonds is 7. The number of carbonyl (C=O) groups is 1. The Balaban J connectivity index is 1.66. The number of hydrogen-bond donors (Lipinski definition) is 1. The van der Waals surface area contributed by atoms with Crippen LogP contribution in [0.3, 0.4) is 0 Å². The van der Waals surface area contributed by atoms with Crippen molar-refractivity contribution in [2.24, 2.45) is 5.41 Å². The smallest absolute Gasteiger partial charge is 0.316 e. The SMILES string of the molecule is C=CCOC(=O)C1(C)COC(c2nc(-c3ccc(F)cc3)c(-c3ccnc(N(C)C#N)n3)[nH]2)OC1. The van der Waals surface area contributed by atoms with Crippen molar-refractivity contribution in [2.75, 3.05) is 31.8 Å². The Bertz CT molecular complexity index is 1260. The lowest BCUT2D eigenvalue weighted by Crippen LogP contribution is -2.43. The number of anilines is 1. The van der Waals surface area contributed by atoms with Crippen LogP contribution in [0.25, 0.3) is 22.6 Å². The standard InChI is InChI=1S/C24H23FN6O4/c1-4-11-33-22(32)24(2)12-34-21(35-13-24)20-29-18(15-5-7-16(25)8-6-15)19(30-20)17-9-10-27-23(28-17)31(3)14-26/h4-10,21H,1,11-13H2,2-3H3,(H,29,30). The molecule has 11 heteroatoms. The number of aromatic amines is 1. The van der Waals surface area contributed by atoms with E-state index in [2.05, 4.69) is 26.5 Å². The quantitative estimate of drug-likeness (QED) is 0.235. The molecule has 1 N–H and O–H groups in total. The molecule has 2 aromatic heterocycles. The lowest BCUT2D eigenvalue weighted by molar-refractivity contribution is -0.238. The van der Waals surface area contributed by atoms with Gasteiger partial charge in [0.25, 0.3) is 0 Å². The van der Waals surface area contributed by atoms with Crippen molar-refractivity contribution in [1.29, 1.82) is 5.26 Å². The van der Waals surface area contributed by atoms with Gasteiger partial charge in [-0.15, -0.1) is 0 Å². The first-order valence-electron chi connectivity index (χ1n) is 10.7. The Morgan fingerprint density at radius 3 is 2.71 bits per heavy atom. The van der Waals surface area contributed by atoms with Crippen LogP contribution < -0.4 is 4.90 Å². The lowest BCUT2D eigenvalue weighted by Gasteiger charge is -2.34. The van der Waals surface area contributed by atoms with E-state index in [1.807, 2.05) is 6.19 Å². The molecule has 1 saturated heterocycles. The van der Waals surface area contributed by atoms with Crippen molar-refractivity contribution >= 4 is 11.9 Å². The molecule has 180 valence electrons. The molecule has 0 amide bonds. The largest absolute Gasteiger partial charge is 0.461 e. The maximum Gasteiger partial charge on any atom is 0.316 e. The summed E-state index contributed by atoms with van der Waals surface area (Å²) in [6.45, 7) is 5.44. The van der Waals surface area contributed by atoms with Crippen molar-refractivity contribution < 1.29 is 23.4 Å². The van der Waals surface area contributed by atoms with Crippen LogP contribution in [0.5, 0.6) is 0 Å². The predicted octanol–water partition coefficient (Wildman–Crippen LogP) is 3.37. The monoisotopic (exact) mass is 478 g/mol. The van der Waals surface area contributed by atoms with E-state index >= 15 is 0 Å². The average molecular weight is 478 g/mol. The van der Waals surface area contributed by atoms with Crippen molar-refractivity contribution in [3.8, 4) is 28.8 Å². The molecule has 1 aromatic carbocycles. The molecular weight excluding hydrogens is 455 g/mol. The van der Waals surface area contributed by atoms with Crippen molar-refractivity contribution in [1.82, 2.24) is 19.9 Å². The Labute approximate surface area is 201 Å². The Morgan fingerprint density at radius 2 is 2.06 bits per heavy atom. The molecule has 0 unspecified atom stereocenters. The van der Waals surface area contributed by atoms with Gasteiger partial charge in [0, 0.05) is 18.8 Å². The molecule has 0 aliphatic carbocycles. The third kappa shape index (κ3) is 5.03. The summed E-state index contributed by atoms with van der Waals surface area (Å²) in [4.78, 5) is 30.0. The van der Waals surface area contributed by atoms with Crippen molar-refractivity contribution in [3.05, 3.63) is 60.8 Å². The summed E-state index contributed by atoms with van der Waals surface area (Å²) >= 11 is 0. The summed E-state index contributed by atoms with van der Waals surface area (Å²) in [7, 11) is 1.54. The third-order valence-corrected chi connectivity index (χ3v) is 5.34. The summed E-state index contributed by atoms with van der Waals surface area (Å²) < 4.78 is 30.4. The van der Waals surface area contributed by atoms with Gasteiger partial charge in [-0.2, -0.15) is 5.26 Å². The molecule has 10 nitrogen and oxygen atoms in total. The van der Waals surface area contributed by atoms with E-state index in [1.54, 1.807) is 32.2 Å². The Kier molecular flexibility index (Phi) is 6.86. The summed E-state index contributed by atoms with van der Waals surface area (Å²) in [5.41, 5.74) is 1.11. The van der Waals surface area contributed by atoms with Gasteiger partial charge in [-0.25, -0.2) is 19.3 Å². The molecule has 35 heavy (non-hydrogen) atoms. The van der Waals surface area contributed by atoms with E-state index in [1.165, 1.54) is 29.3 Å². The molecular formula is C24H23FN6O4. The summed E-state index contributed by atoms with van der Waals surface area (Å²) in [6.07, 6.45) is 4.08. The first-order chi connectivity index (χ1) is 16.8. The maximum absolute atomic E-state index is 13.6. The van der Waals surface area contributed by atoms with Crippen LogP contribution in [0.4, 0.5) is 10.3 Å². The summed E-state index contributed by atoms with van der Waals surface area (Å²) in [5, 5.41) is 9.18. The minimum Gasteiger partial charge on any atom is -0.461 e. The number of nitrogens with one attached hydrogen (secondary N) is 1. The molecule has 1 aliphatic rings. The second-order valence-electron chi connectivity index (χ2n) is 8.16. The predicted molar refractivity (Wildman–Crippen MR) is 123 cm³/mol. The van der Waals surface area contributed by atoms with E-state index in [9.17, 15) is 14.4 Å². The van der Waals surface area contributed by atoms with E-state index in [0.717, 1.165) is 0 Å². The fourth-order valence-corrected chi connectivity index (χ4v) is 3.39. The number of carbonyl (C=O) groups excluding carboxylic acids is 1. The fraction of sp³-hybridized carbons (Fsp3) is 0.292. The number of nitriles is 1. The molecule has 0 spiro atoms. The van der Waals surface area contributed by atoms with Gasteiger partial charge in [-0.3, -0.25) is 9.69 Å². The van der Waals surface area contributed by atoms with Gasteiger partial charge >= 0.3 is 5.97 Å². The molecule has 1 fully saturated rings. The van der Waals surface area contributed by atoms with Crippen LogP contribution in [-0.2, 0) is 19.0 Å². The highest BCUT2D eigenvalue weighted by Crippen LogP contribution is 2.36. The van der Waals surface area contributed by atoms with Gasteiger partial charge in [-0.05, 0) is 37.3 Å². The molecule has 1 aliphatic heterocycles. The zero-order valence-corrected chi connectivity index (χ0v) is 19.2. The molecule has 4 rings (SSSR count). The number of aromatic nitrogens is 4. The highest BCUT2D eigenvalue weighted by Gasteiger charge is 2.42. The highest BCUT2D eigenvalue weighted by molar-refractivity contribution is 5.78. The number of nitrogens with zero attached hydrogens (tertiary/aromatic N) is 5. The zero-order valence-electron chi connectivity index (χ0n) is 19.2. The first kappa shape index (κ1) is 24.0. The van der Waals surface area contributed by atoms with Gasteiger partial charge in [0.2, 0.25) is 12.2 Å². The fourth-order valence-electron chi connectivity index (χ4n) is 3.39. The molecule has 0 saturated carbocycles. The second-order valence-corrected chi connectivity index (χ2v) is 8.16. The summed E-state index contributed by atoms with van der Waals surface area (Å²) in [5.74, 6) is -0.287. The van der Waals surface area contributed by atoms with Crippen LogP contribution in [0.1, 0.15) is 19.0 Å². The van der Waals surface area contributed by atoms with Crippen LogP contribution >= 0.6 is 0 Å². The molecule has 0 bridgehead atoms. The topological polar surface area (TPSA) is 126 Å². The van der Waals surface area contributed by atoms with E-state index in [0.29, 0.717) is 28.5 Å². The lowest BCUT2D eigenvalue weighted by atomic mass is 9.92. The normalized spacial score (nSPS) is 19.5. The maximum atomic E-state index is 13.6. The highest BCUT2D eigenvalue weighted by atomic mass is 19.1. The minimum atomic E-state index is -0.974. The Hall–Kier alpha value is -4.14. The number of hydrogen-bond acceptors (Lipinski definition) is 9. The van der Waals surface area contributed by atoms with Crippen molar-refractivity contribution in [3.63, 3.8) is 0 Å². The van der Waals surface area contributed by atoms with Crippen LogP contribution in [0.2, 0.25) is 0 Å². The number of halogens is 1.